The number of hydrogen-bond donors (Lipinski definition) is 1. The highest BCUT2D eigenvalue weighted by Gasteiger charge is 2.30. The molecule has 94 valence electrons. The minimum absolute atomic E-state index is 0.187. The van der Waals surface area contributed by atoms with Crippen LogP contribution >= 0.6 is 0 Å². The van der Waals surface area contributed by atoms with Crippen LogP contribution < -0.4 is 0 Å². The second kappa shape index (κ2) is 6.24. The first-order chi connectivity index (χ1) is 7.56. The van der Waals surface area contributed by atoms with Crippen molar-refractivity contribution in [2.24, 2.45) is 5.92 Å². The lowest BCUT2D eigenvalue weighted by molar-refractivity contribution is -0.144. The predicted octanol–water partition coefficient (Wildman–Crippen LogP) is 2.66. The minimum atomic E-state index is -0.627. The van der Waals surface area contributed by atoms with E-state index >= 15 is 0 Å². The summed E-state index contributed by atoms with van der Waals surface area (Å²) < 4.78 is 4.88. The van der Waals surface area contributed by atoms with Gasteiger partial charge in [-0.3, -0.25) is 4.79 Å². The number of carbonyl (C=O) groups excluding carboxylic acids is 1. The van der Waals surface area contributed by atoms with E-state index in [1.807, 2.05) is 0 Å². The molecule has 0 aromatic rings. The smallest absolute Gasteiger partial charge is 0.305 e. The van der Waals surface area contributed by atoms with Crippen molar-refractivity contribution in [3.63, 3.8) is 0 Å². The van der Waals surface area contributed by atoms with Gasteiger partial charge in [0.25, 0.3) is 0 Å². The zero-order valence-corrected chi connectivity index (χ0v) is 10.5. The normalized spacial score (nSPS) is 30.8. The third-order valence-electron chi connectivity index (χ3n) is 3.54. The third kappa shape index (κ3) is 4.52. The van der Waals surface area contributed by atoms with Crippen LogP contribution in [0.2, 0.25) is 0 Å². The molecule has 3 heteroatoms. The maximum Gasteiger partial charge on any atom is 0.305 e. The molecule has 1 N–H and O–H groups in total. The van der Waals surface area contributed by atoms with Gasteiger partial charge in [0, 0.05) is 6.42 Å². The molecule has 2 unspecified atom stereocenters. The summed E-state index contributed by atoms with van der Waals surface area (Å²) in [6.45, 7) is 4.46. The number of hydrogen-bond acceptors (Lipinski definition) is 3. The molecule has 16 heavy (non-hydrogen) atoms. The first-order valence-corrected chi connectivity index (χ1v) is 6.44. The number of esters is 1. The van der Waals surface area contributed by atoms with Crippen molar-refractivity contribution in [3.05, 3.63) is 0 Å². The van der Waals surface area contributed by atoms with Crippen LogP contribution in [-0.2, 0) is 9.53 Å². The van der Waals surface area contributed by atoms with E-state index in [1.165, 1.54) is 6.42 Å². The van der Waals surface area contributed by atoms with E-state index in [-0.39, 0.29) is 5.97 Å². The average molecular weight is 228 g/mol. The molecule has 0 heterocycles. The van der Waals surface area contributed by atoms with E-state index in [4.69, 9.17) is 4.74 Å². The molecule has 0 aromatic carbocycles. The van der Waals surface area contributed by atoms with E-state index in [1.54, 1.807) is 6.92 Å². The molecule has 0 aromatic heterocycles. The largest absolute Gasteiger partial charge is 0.466 e. The second-order valence-corrected chi connectivity index (χ2v) is 5.07. The lowest BCUT2D eigenvalue weighted by Crippen LogP contribution is -2.29. The molecule has 1 fully saturated rings. The minimum Gasteiger partial charge on any atom is -0.466 e. The first kappa shape index (κ1) is 13.5. The lowest BCUT2D eigenvalue weighted by Gasteiger charge is -2.26. The van der Waals surface area contributed by atoms with Crippen molar-refractivity contribution in [2.45, 2.75) is 64.4 Å². The molecule has 0 aliphatic heterocycles. The fraction of sp³-hybridized carbons (Fsp3) is 0.923. The van der Waals surface area contributed by atoms with Gasteiger partial charge >= 0.3 is 5.97 Å². The van der Waals surface area contributed by atoms with Gasteiger partial charge in [-0.2, -0.15) is 0 Å². The van der Waals surface area contributed by atoms with Crippen molar-refractivity contribution in [3.8, 4) is 0 Å². The van der Waals surface area contributed by atoms with E-state index in [9.17, 15) is 9.90 Å². The Morgan fingerprint density at radius 2 is 2.19 bits per heavy atom. The molecular weight excluding hydrogens is 204 g/mol. The van der Waals surface area contributed by atoms with Crippen LogP contribution in [0.5, 0.6) is 0 Å². The Morgan fingerprint density at radius 3 is 2.88 bits per heavy atom. The van der Waals surface area contributed by atoms with Gasteiger partial charge in [-0.05, 0) is 38.5 Å². The fourth-order valence-corrected chi connectivity index (χ4v) is 2.38. The lowest BCUT2D eigenvalue weighted by atomic mass is 9.89. The van der Waals surface area contributed by atoms with E-state index in [2.05, 4.69) is 6.92 Å². The Bertz CT molecular complexity index is 227. The summed E-state index contributed by atoms with van der Waals surface area (Å²) >= 11 is 0. The van der Waals surface area contributed by atoms with Crippen LogP contribution in [0.15, 0.2) is 0 Å². The summed E-state index contributed by atoms with van der Waals surface area (Å²) in [5.74, 6) is 0.518. The van der Waals surface area contributed by atoms with E-state index in [0.717, 1.165) is 25.7 Å². The maximum atomic E-state index is 11.2. The average Bonchev–Trinajstić information content (AvgIpc) is 2.40. The molecule has 1 aliphatic rings. The van der Waals surface area contributed by atoms with Gasteiger partial charge in [0.1, 0.15) is 0 Å². The van der Waals surface area contributed by atoms with E-state index < -0.39 is 5.60 Å². The van der Waals surface area contributed by atoms with Crippen LogP contribution in [0.25, 0.3) is 0 Å². The molecule has 3 nitrogen and oxygen atoms in total. The summed E-state index contributed by atoms with van der Waals surface area (Å²) in [4.78, 5) is 11.2. The molecule has 1 saturated carbocycles. The summed E-state index contributed by atoms with van der Waals surface area (Å²) in [6.07, 6.45) is 5.89. The van der Waals surface area contributed by atoms with Crippen LogP contribution in [0.1, 0.15) is 58.8 Å². The predicted molar refractivity (Wildman–Crippen MR) is 63.1 cm³/mol. The van der Waals surface area contributed by atoms with Crippen LogP contribution in [0.4, 0.5) is 0 Å². The Labute approximate surface area is 98.2 Å². The Kier molecular flexibility index (Phi) is 5.26. The van der Waals surface area contributed by atoms with Crippen molar-refractivity contribution < 1.29 is 14.6 Å². The topological polar surface area (TPSA) is 46.5 Å². The highest BCUT2D eigenvalue weighted by atomic mass is 16.5. The number of rotatable bonds is 4. The Morgan fingerprint density at radius 1 is 1.44 bits per heavy atom. The molecular formula is C13H24O3. The third-order valence-corrected chi connectivity index (χ3v) is 3.54. The molecule has 0 saturated heterocycles. The quantitative estimate of drug-likeness (QED) is 0.594. The summed E-state index contributed by atoms with van der Waals surface area (Å²) in [7, 11) is 0. The van der Waals surface area contributed by atoms with Crippen molar-refractivity contribution in [2.75, 3.05) is 6.61 Å². The molecule has 0 bridgehead atoms. The van der Waals surface area contributed by atoms with E-state index in [0.29, 0.717) is 25.4 Å². The van der Waals surface area contributed by atoms with Gasteiger partial charge in [-0.25, -0.2) is 0 Å². The maximum absolute atomic E-state index is 11.2. The molecule has 1 rings (SSSR count). The van der Waals surface area contributed by atoms with Gasteiger partial charge in [0.2, 0.25) is 0 Å². The second-order valence-electron chi connectivity index (χ2n) is 5.07. The zero-order valence-electron chi connectivity index (χ0n) is 10.5. The van der Waals surface area contributed by atoms with Gasteiger partial charge in [0.05, 0.1) is 12.2 Å². The van der Waals surface area contributed by atoms with Crippen molar-refractivity contribution >= 4 is 5.97 Å². The van der Waals surface area contributed by atoms with Crippen molar-refractivity contribution in [1.29, 1.82) is 0 Å². The SMILES string of the molecule is CCOC(=O)CCC1(O)CCCC(C)CC1. The monoisotopic (exact) mass is 228 g/mol. The zero-order chi connectivity index (χ0) is 12.0. The van der Waals surface area contributed by atoms with Gasteiger partial charge in [-0.15, -0.1) is 0 Å². The number of ether oxygens (including phenoxy) is 1. The van der Waals surface area contributed by atoms with Gasteiger partial charge < -0.3 is 9.84 Å². The van der Waals surface area contributed by atoms with Gasteiger partial charge in [-0.1, -0.05) is 19.8 Å². The van der Waals surface area contributed by atoms with Crippen LogP contribution in [0.3, 0.4) is 0 Å². The van der Waals surface area contributed by atoms with Gasteiger partial charge in [0.15, 0.2) is 0 Å². The molecule has 0 spiro atoms. The molecule has 2 atom stereocenters. The Hall–Kier alpha value is -0.570. The fourth-order valence-electron chi connectivity index (χ4n) is 2.38. The summed E-state index contributed by atoms with van der Waals surface area (Å²) in [5, 5.41) is 10.4. The highest BCUT2D eigenvalue weighted by Crippen LogP contribution is 2.33. The number of aliphatic hydroxyl groups is 1. The molecule has 1 aliphatic carbocycles. The summed E-state index contributed by atoms with van der Waals surface area (Å²) in [6, 6.07) is 0. The van der Waals surface area contributed by atoms with Crippen LogP contribution in [0, 0.1) is 5.92 Å². The van der Waals surface area contributed by atoms with Crippen molar-refractivity contribution in [1.82, 2.24) is 0 Å². The molecule has 0 amide bonds. The number of carbonyl (C=O) groups is 1. The standard InChI is InChI=1S/C13H24O3/c1-3-16-12(14)7-10-13(15)8-4-5-11(2)6-9-13/h11,15H,3-10H2,1-2H3. The van der Waals surface area contributed by atoms with Crippen LogP contribution in [-0.4, -0.2) is 23.3 Å². The molecule has 0 radical (unpaired) electrons. The summed E-state index contributed by atoms with van der Waals surface area (Å²) in [5.41, 5.74) is -0.627. The highest BCUT2D eigenvalue weighted by molar-refractivity contribution is 5.69. The first-order valence-electron chi connectivity index (χ1n) is 6.44. The Balaban J connectivity index is 2.35.